The van der Waals surface area contributed by atoms with Gasteiger partial charge in [0.05, 0.1) is 5.56 Å². The maximum atomic E-state index is 13.7. The lowest BCUT2D eigenvalue weighted by molar-refractivity contribution is -0.137. The van der Waals surface area contributed by atoms with E-state index in [0.717, 1.165) is 12.1 Å². The number of alkyl halides is 3. The normalized spacial score (nSPS) is 11.2. The maximum Gasteiger partial charge on any atom is 0.416 e. The van der Waals surface area contributed by atoms with Gasteiger partial charge in [-0.05, 0) is 42.5 Å². The van der Waals surface area contributed by atoms with Crippen molar-refractivity contribution in [3.05, 3.63) is 83.8 Å². The van der Waals surface area contributed by atoms with Gasteiger partial charge in [0.1, 0.15) is 11.5 Å². The highest BCUT2D eigenvalue weighted by atomic mass is 19.4. The Kier molecular flexibility index (Phi) is 4.71. The van der Waals surface area contributed by atoms with E-state index in [4.69, 9.17) is 0 Å². The monoisotopic (exact) mass is 360 g/mol. The first-order valence-corrected chi connectivity index (χ1v) is 7.54. The molecule has 132 valence electrons. The van der Waals surface area contributed by atoms with E-state index in [2.05, 4.69) is 10.3 Å². The molecule has 0 unspecified atom stereocenters. The number of benzene rings is 2. The van der Waals surface area contributed by atoms with Crippen LogP contribution in [-0.2, 0) is 6.18 Å². The number of carbonyl (C=O) groups excluding carboxylic acids is 1. The minimum Gasteiger partial charge on any atom is -0.322 e. The molecule has 3 nitrogen and oxygen atoms in total. The van der Waals surface area contributed by atoms with Crippen molar-refractivity contribution in [1.29, 1.82) is 0 Å². The molecule has 26 heavy (non-hydrogen) atoms. The summed E-state index contributed by atoms with van der Waals surface area (Å²) < 4.78 is 51.9. The predicted octanol–water partition coefficient (Wildman–Crippen LogP) is 5.16. The van der Waals surface area contributed by atoms with Crippen molar-refractivity contribution >= 4 is 11.6 Å². The number of hydrogen-bond acceptors (Lipinski definition) is 2. The van der Waals surface area contributed by atoms with Gasteiger partial charge in [0, 0.05) is 23.0 Å². The molecule has 0 bridgehead atoms. The number of halogens is 4. The van der Waals surface area contributed by atoms with Crippen LogP contribution in [0, 0.1) is 5.82 Å². The molecule has 2 aromatic carbocycles. The molecule has 0 fully saturated rings. The number of anilines is 1. The SMILES string of the molecule is O=C(Nc1cccc(C(F)(F)F)c1)c1ccc(-c2ncccc2F)cc1. The Morgan fingerprint density at radius 1 is 0.962 bits per heavy atom. The fourth-order valence-electron chi connectivity index (χ4n) is 2.35. The average Bonchev–Trinajstić information content (AvgIpc) is 2.62. The molecule has 3 aromatic rings. The molecular weight excluding hydrogens is 348 g/mol. The second kappa shape index (κ2) is 6.95. The van der Waals surface area contributed by atoms with Crippen molar-refractivity contribution < 1.29 is 22.4 Å². The van der Waals surface area contributed by atoms with Crippen LogP contribution in [0.3, 0.4) is 0 Å². The van der Waals surface area contributed by atoms with Crippen molar-refractivity contribution in [2.75, 3.05) is 5.32 Å². The molecule has 0 atom stereocenters. The summed E-state index contributed by atoms with van der Waals surface area (Å²) in [5.74, 6) is -1.06. The van der Waals surface area contributed by atoms with E-state index in [9.17, 15) is 22.4 Å². The molecule has 0 saturated heterocycles. The molecule has 3 rings (SSSR count). The largest absolute Gasteiger partial charge is 0.416 e. The standard InChI is InChI=1S/C19H12F4N2O/c20-16-5-2-10-24-17(16)12-6-8-13(9-7-12)18(26)25-15-4-1-3-14(11-15)19(21,22)23/h1-11H,(H,25,26). The Balaban J connectivity index is 1.78. The molecule has 1 aromatic heterocycles. The van der Waals surface area contributed by atoms with E-state index in [1.165, 1.54) is 54.7 Å². The number of nitrogens with one attached hydrogen (secondary N) is 1. The lowest BCUT2D eigenvalue weighted by Gasteiger charge is -2.10. The zero-order valence-electron chi connectivity index (χ0n) is 13.2. The summed E-state index contributed by atoms with van der Waals surface area (Å²) in [6, 6.07) is 13.0. The number of pyridine rings is 1. The van der Waals surface area contributed by atoms with Gasteiger partial charge in [-0.1, -0.05) is 18.2 Å². The van der Waals surface area contributed by atoms with Crippen molar-refractivity contribution in [2.24, 2.45) is 0 Å². The van der Waals surface area contributed by atoms with E-state index in [1.807, 2.05) is 0 Å². The first-order valence-electron chi connectivity index (χ1n) is 7.54. The Labute approximate surface area is 146 Å². The van der Waals surface area contributed by atoms with Gasteiger partial charge in [-0.15, -0.1) is 0 Å². The summed E-state index contributed by atoms with van der Waals surface area (Å²) in [5, 5.41) is 2.41. The van der Waals surface area contributed by atoms with Crippen LogP contribution in [0.2, 0.25) is 0 Å². The van der Waals surface area contributed by atoms with Gasteiger partial charge in [-0.25, -0.2) is 4.39 Å². The summed E-state index contributed by atoms with van der Waals surface area (Å²) in [5.41, 5.74) is 0.0412. The molecule has 0 aliphatic heterocycles. The van der Waals surface area contributed by atoms with E-state index in [0.29, 0.717) is 5.56 Å². The third-order valence-corrected chi connectivity index (χ3v) is 3.63. The van der Waals surface area contributed by atoms with Gasteiger partial charge in [0.2, 0.25) is 0 Å². The van der Waals surface area contributed by atoms with Gasteiger partial charge >= 0.3 is 6.18 Å². The highest BCUT2D eigenvalue weighted by Crippen LogP contribution is 2.30. The average molecular weight is 360 g/mol. The van der Waals surface area contributed by atoms with E-state index in [1.54, 1.807) is 0 Å². The molecular formula is C19H12F4N2O. The van der Waals surface area contributed by atoms with Crippen molar-refractivity contribution in [1.82, 2.24) is 4.98 Å². The van der Waals surface area contributed by atoms with E-state index < -0.39 is 23.5 Å². The topological polar surface area (TPSA) is 42.0 Å². The summed E-state index contributed by atoms with van der Waals surface area (Å²) in [4.78, 5) is 16.1. The van der Waals surface area contributed by atoms with Gasteiger partial charge in [0.25, 0.3) is 5.91 Å². The van der Waals surface area contributed by atoms with Gasteiger partial charge in [-0.2, -0.15) is 13.2 Å². The lowest BCUT2D eigenvalue weighted by atomic mass is 10.1. The molecule has 1 heterocycles. The van der Waals surface area contributed by atoms with Crippen LogP contribution in [0.4, 0.5) is 23.2 Å². The van der Waals surface area contributed by atoms with Crippen molar-refractivity contribution in [3.63, 3.8) is 0 Å². The number of rotatable bonds is 3. The summed E-state index contributed by atoms with van der Waals surface area (Å²) in [6.45, 7) is 0. The number of amides is 1. The van der Waals surface area contributed by atoms with Crippen LogP contribution in [0.1, 0.15) is 15.9 Å². The molecule has 7 heteroatoms. The van der Waals surface area contributed by atoms with Crippen molar-refractivity contribution in [2.45, 2.75) is 6.18 Å². The lowest BCUT2D eigenvalue weighted by Crippen LogP contribution is -2.13. The third-order valence-electron chi connectivity index (χ3n) is 3.63. The number of carbonyl (C=O) groups is 1. The third kappa shape index (κ3) is 3.88. The minimum absolute atomic E-state index is 0.0321. The second-order valence-electron chi connectivity index (χ2n) is 5.44. The fourth-order valence-corrected chi connectivity index (χ4v) is 2.35. The number of nitrogens with zero attached hydrogens (tertiary/aromatic N) is 1. The van der Waals surface area contributed by atoms with E-state index >= 15 is 0 Å². The molecule has 0 aliphatic rings. The molecule has 0 aliphatic carbocycles. The second-order valence-corrected chi connectivity index (χ2v) is 5.44. The Bertz CT molecular complexity index is 937. The zero-order valence-corrected chi connectivity index (χ0v) is 13.2. The highest BCUT2D eigenvalue weighted by Gasteiger charge is 2.30. The Morgan fingerprint density at radius 2 is 1.69 bits per heavy atom. The van der Waals surface area contributed by atoms with Gasteiger partial charge in [0.15, 0.2) is 0 Å². The van der Waals surface area contributed by atoms with Crippen LogP contribution >= 0.6 is 0 Å². The van der Waals surface area contributed by atoms with Gasteiger partial charge in [-0.3, -0.25) is 9.78 Å². The quantitative estimate of drug-likeness (QED) is 0.656. The predicted molar refractivity (Wildman–Crippen MR) is 89.0 cm³/mol. The molecule has 1 N–H and O–H groups in total. The fraction of sp³-hybridized carbons (Fsp3) is 0.0526. The van der Waals surface area contributed by atoms with Crippen LogP contribution in [-0.4, -0.2) is 10.9 Å². The Hall–Kier alpha value is -3.22. The summed E-state index contributed by atoms with van der Waals surface area (Å²) >= 11 is 0. The number of hydrogen-bond donors (Lipinski definition) is 1. The Morgan fingerprint density at radius 3 is 2.35 bits per heavy atom. The van der Waals surface area contributed by atoms with E-state index in [-0.39, 0.29) is 16.9 Å². The van der Waals surface area contributed by atoms with Gasteiger partial charge < -0.3 is 5.32 Å². The smallest absolute Gasteiger partial charge is 0.322 e. The summed E-state index contributed by atoms with van der Waals surface area (Å²) in [7, 11) is 0. The zero-order chi connectivity index (χ0) is 18.7. The highest BCUT2D eigenvalue weighted by molar-refractivity contribution is 6.04. The molecule has 0 radical (unpaired) electrons. The molecule has 1 amide bonds. The number of aromatic nitrogens is 1. The van der Waals surface area contributed by atoms with Crippen LogP contribution in [0.15, 0.2) is 66.9 Å². The minimum atomic E-state index is -4.49. The van der Waals surface area contributed by atoms with Crippen LogP contribution in [0.5, 0.6) is 0 Å². The first-order chi connectivity index (χ1) is 12.3. The molecule has 0 spiro atoms. The van der Waals surface area contributed by atoms with Crippen LogP contribution in [0.25, 0.3) is 11.3 Å². The first kappa shape index (κ1) is 17.6. The summed E-state index contributed by atoms with van der Waals surface area (Å²) in [6.07, 6.45) is -3.04. The maximum absolute atomic E-state index is 13.7. The molecule has 0 saturated carbocycles. The van der Waals surface area contributed by atoms with Crippen molar-refractivity contribution in [3.8, 4) is 11.3 Å². The van der Waals surface area contributed by atoms with Crippen LogP contribution < -0.4 is 5.32 Å².